The van der Waals surface area contributed by atoms with Crippen LogP contribution in [0.1, 0.15) is 43.6 Å². The summed E-state index contributed by atoms with van der Waals surface area (Å²) < 4.78 is 0. The number of nitrogens with one attached hydrogen (secondary N) is 2. The van der Waals surface area contributed by atoms with E-state index in [0.717, 1.165) is 18.2 Å². The Balaban J connectivity index is 1.85. The zero-order valence-electron chi connectivity index (χ0n) is 19.3. The zero-order chi connectivity index (χ0) is 27.3. The van der Waals surface area contributed by atoms with Crippen molar-refractivity contribution in [1.29, 1.82) is 0 Å². The number of hydrogen-bond donors (Lipinski definition) is 6. The molecule has 3 aromatic carbocycles. The maximum atomic E-state index is 13.2. The van der Waals surface area contributed by atoms with E-state index in [1.807, 2.05) is 0 Å². The molecule has 0 spiro atoms. The first-order chi connectivity index (χ1) is 17.5. The van der Waals surface area contributed by atoms with Gasteiger partial charge < -0.3 is 25.7 Å². The topological polar surface area (TPSA) is 176 Å². The van der Waals surface area contributed by atoms with Gasteiger partial charge in [-0.25, -0.2) is 10.4 Å². The number of halogens is 1. The summed E-state index contributed by atoms with van der Waals surface area (Å²) >= 11 is 6.25. The molecule has 11 nitrogen and oxygen atoms in total. The summed E-state index contributed by atoms with van der Waals surface area (Å²) in [5.41, 5.74) is 2.49. The highest BCUT2D eigenvalue weighted by Crippen LogP contribution is 2.24. The number of imide groups is 1. The molecule has 0 radical (unpaired) electrons. The lowest BCUT2D eigenvalue weighted by Gasteiger charge is -2.24. The van der Waals surface area contributed by atoms with Gasteiger partial charge in [0.2, 0.25) is 0 Å². The van der Waals surface area contributed by atoms with E-state index in [1.165, 1.54) is 37.3 Å². The number of carbonyl (C=O) groups is 4. The minimum atomic E-state index is -1.39. The molecule has 0 saturated heterocycles. The van der Waals surface area contributed by atoms with Crippen molar-refractivity contribution in [1.82, 2.24) is 15.8 Å². The van der Waals surface area contributed by atoms with Crippen LogP contribution < -0.4 is 10.7 Å². The van der Waals surface area contributed by atoms with E-state index >= 15 is 0 Å². The van der Waals surface area contributed by atoms with Crippen molar-refractivity contribution >= 4 is 35.3 Å². The van der Waals surface area contributed by atoms with Gasteiger partial charge in [-0.3, -0.25) is 19.2 Å². The van der Waals surface area contributed by atoms with Crippen molar-refractivity contribution < 1.29 is 39.6 Å². The summed E-state index contributed by atoms with van der Waals surface area (Å²) in [5, 5.41) is 41.0. The van der Waals surface area contributed by atoms with Gasteiger partial charge >= 0.3 is 5.97 Å². The zero-order valence-corrected chi connectivity index (χ0v) is 20.1. The highest BCUT2D eigenvalue weighted by Gasteiger charge is 2.30. The fraction of sp³-hybridized carbons (Fsp3) is 0.120. The van der Waals surface area contributed by atoms with Crippen LogP contribution in [0.15, 0.2) is 60.7 Å². The van der Waals surface area contributed by atoms with E-state index in [-0.39, 0.29) is 34.0 Å². The number of carboxylic acid groups (broad SMARTS) is 1. The second-order valence-corrected chi connectivity index (χ2v) is 8.33. The number of nitrogens with zero attached hydrogens (tertiary/aromatic N) is 1. The molecule has 0 aliphatic carbocycles. The maximum Gasteiger partial charge on any atom is 0.322 e. The summed E-state index contributed by atoms with van der Waals surface area (Å²) in [7, 11) is 0. The number of benzene rings is 3. The Morgan fingerprint density at radius 2 is 1.54 bits per heavy atom. The molecule has 0 bridgehead atoms. The molecule has 1 atom stereocenters. The first kappa shape index (κ1) is 27.0. The van der Waals surface area contributed by atoms with Gasteiger partial charge in [0.15, 0.2) is 0 Å². The molecule has 0 aromatic heterocycles. The first-order valence-corrected chi connectivity index (χ1v) is 11.1. The predicted molar refractivity (Wildman–Crippen MR) is 131 cm³/mol. The van der Waals surface area contributed by atoms with Crippen LogP contribution in [0.4, 0.5) is 0 Å². The second kappa shape index (κ2) is 11.4. The van der Waals surface area contributed by atoms with Gasteiger partial charge in [-0.05, 0) is 55.0 Å². The van der Waals surface area contributed by atoms with Crippen molar-refractivity contribution in [3.05, 3.63) is 87.9 Å². The SMILES string of the molecule is C[C@H](NN(C(=O)c1cc(O)cc(O)c1)C(=O)c1ccc(C(=O)NCc2cccc(O)c2)cc1Cl)C(=O)O. The molecule has 3 amide bonds. The number of carboxylic acids is 1. The van der Waals surface area contributed by atoms with Crippen molar-refractivity contribution in [2.24, 2.45) is 0 Å². The number of phenolic OH excluding ortho intramolecular Hbond substituents is 3. The van der Waals surface area contributed by atoms with Crippen LogP contribution >= 0.6 is 11.6 Å². The average Bonchev–Trinajstić information content (AvgIpc) is 2.84. The molecule has 3 aromatic rings. The molecular weight excluding hydrogens is 506 g/mol. The molecule has 3 rings (SSSR count). The number of hydrogen-bond acceptors (Lipinski definition) is 8. The smallest absolute Gasteiger partial charge is 0.322 e. The van der Waals surface area contributed by atoms with Gasteiger partial charge in [-0.15, -0.1) is 0 Å². The number of hydrazine groups is 1. The van der Waals surface area contributed by atoms with Crippen LogP contribution in [0.25, 0.3) is 0 Å². The second-order valence-electron chi connectivity index (χ2n) is 7.92. The molecule has 0 saturated carbocycles. The molecule has 37 heavy (non-hydrogen) atoms. The standard InChI is InChI=1S/C25H22ClN3O8/c1-13(25(36)37)28-29(23(34)16-8-18(31)11-19(32)9-16)24(35)20-6-5-15(10-21(20)26)22(33)27-12-14-3-2-4-17(30)7-14/h2-11,13,28,30-32H,12H2,1H3,(H,27,33)(H,36,37)/t13-/m0/s1. The van der Waals surface area contributed by atoms with Crippen molar-refractivity contribution in [3.63, 3.8) is 0 Å². The Hall–Kier alpha value is -4.61. The van der Waals surface area contributed by atoms with Crippen LogP contribution in [0, 0.1) is 0 Å². The summed E-state index contributed by atoms with van der Waals surface area (Å²) in [6.07, 6.45) is 0. The lowest BCUT2D eigenvalue weighted by atomic mass is 10.1. The number of aliphatic carboxylic acids is 1. The van der Waals surface area contributed by atoms with E-state index < -0.39 is 41.2 Å². The number of phenols is 3. The molecule has 192 valence electrons. The fourth-order valence-corrected chi connectivity index (χ4v) is 3.47. The molecule has 6 N–H and O–H groups in total. The Kier molecular flexibility index (Phi) is 8.33. The minimum absolute atomic E-state index is 0.0449. The van der Waals surface area contributed by atoms with E-state index in [0.29, 0.717) is 10.6 Å². The Morgan fingerprint density at radius 1 is 0.865 bits per heavy atom. The van der Waals surface area contributed by atoms with Crippen molar-refractivity contribution in [2.75, 3.05) is 0 Å². The van der Waals surface area contributed by atoms with E-state index in [1.54, 1.807) is 12.1 Å². The number of aromatic hydroxyl groups is 3. The van der Waals surface area contributed by atoms with Gasteiger partial charge in [0, 0.05) is 23.7 Å². The first-order valence-electron chi connectivity index (χ1n) is 10.7. The third-order valence-corrected chi connectivity index (χ3v) is 5.39. The van der Waals surface area contributed by atoms with Gasteiger partial charge in [-0.2, -0.15) is 0 Å². The monoisotopic (exact) mass is 527 g/mol. The summed E-state index contributed by atoms with van der Waals surface area (Å²) in [5.74, 6) is -4.88. The largest absolute Gasteiger partial charge is 0.508 e. The lowest BCUT2D eigenvalue weighted by molar-refractivity contribution is -0.139. The summed E-state index contributed by atoms with van der Waals surface area (Å²) in [6, 6.07) is 11.5. The van der Waals surface area contributed by atoms with E-state index in [4.69, 9.17) is 11.6 Å². The summed E-state index contributed by atoms with van der Waals surface area (Å²) in [4.78, 5) is 50.2. The van der Waals surface area contributed by atoms with Gasteiger partial charge in [-0.1, -0.05) is 23.7 Å². The highest BCUT2D eigenvalue weighted by atomic mass is 35.5. The van der Waals surface area contributed by atoms with E-state index in [2.05, 4.69) is 10.7 Å². The van der Waals surface area contributed by atoms with Crippen LogP contribution in [0.3, 0.4) is 0 Å². The van der Waals surface area contributed by atoms with Crippen molar-refractivity contribution in [2.45, 2.75) is 19.5 Å². The van der Waals surface area contributed by atoms with Gasteiger partial charge in [0.25, 0.3) is 17.7 Å². The third kappa shape index (κ3) is 6.75. The lowest BCUT2D eigenvalue weighted by Crippen LogP contribution is -2.53. The maximum absolute atomic E-state index is 13.2. The molecular formula is C25H22ClN3O8. The predicted octanol–water partition coefficient (Wildman–Crippen LogP) is 2.65. The van der Waals surface area contributed by atoms with Gasteiger partial charge in [0.1, 0.15) is 23.3 Å². The quantitative estimate of drug-likeness (QED) is 0.190. The number of carbonyl (C=O) groups excluding carboxylic acids is 3. The number of amides is 3. The van der Waals surface area contributed by atoms with Gasteiger partial charge in [0.05, 0.1) is 10.6 Å². The number of rotatable bonds is 8. The molecule has 0 aliphatic heterocycles. The Labute approximate surface area is 215 Å². The normalized spacial score (nSPS) is 11.4. The van der Waals surface area contributed by atoms with Crippen LogP contribution in [0.2, 0.25) is 5.02 Å². The minimum Gasteiger partial charge on any atom is -0.508 e. The Bertz CT molecular complexity index is 1360. The third-order valence-electron chi connectivity index (χ3n) is 5.07. The fourth-order valence-electron chi connectivity index (χ4n) is 3.21. The van der Waals surface area contributed by atoms with Crippen LogP contribution in [-0.2, 0) is 11.3 Å². The summed E-state index contributed by atoms with van der Waals surface area (Å²) in [6.45, 7) is 1.30. The molecule has 0 fully saturated rings. The molecule has 0 heterocycles. The average molecular weight is 528 g/mol. The molecule has 12 heteroatoms. The van der Waals surface area contributed by atoms with Crippen LogP contribution in [-0.4, -0.2) is 55.2 Å². The molecule has 0 aliphatic rings. The molecule has 0 unspecified atom stereocenters. The Morgan fingerprint density at radius 3 is 2.14 bits per heavy atom. The van der Waals surface area contributed by atoms with Crippen LogP contribution in [0.5, 0.6) is 17.2 Å². The van der Waals surface area contributed by atoms with E-state index in [9.17, 15) is 39.6 Å². The van der Waals surface area contributed by atoms with Crippen molar-refractivity contribution in [3.8, 4) is 17.2 Å². The highest BCUT2D eigenvalue weighted by molar-refractivity contribution is 6.34.